The number of allylic oxidation sites excluding steroid dienone is 1. The van der Waals surface area contributed by atoms with Crippen LogP contribution in [0.4, 0.5) is 18.0 Å². The van der Waals surface area contributed by atoms with Crippen molar-refractivity contribution in [3.05, 3.63) is 54.6 Å². The zero-order valence-electron chi connectivity index (χ0n) is 17.3. The van der Waals surface area contributed by atoms with E-state index >= 15 is 0 Å². The average molecular weight is 425 g/mol. The Hall–Kier alpha value is -2.77. The normalized spacial score (nSPS) is 19.8. The fourth-order valence-corrected chi connectivity index (χ4v) is 3.20. The minimum absolute atomic E-state index is 0.0257. The zero-order valence-corrected chi connectivity index (χ0v) is 17.3. The molecule has 0 radical (unpaired) electrons. The molecule has 1 amide bonds. The van der Waals surface area contributed by atoms with E-state index in [1.807, 2.05) is 0 Å². The Morgan fingerprint density at radius 2 is 2.00 bits per heavy atom. The van der Waals surface area contributed by atoms with Crippen molar-refractivity contribution < 1.29 is 32.2 Å². The van der Waals surface area contributed by atoms with Crippen LogP contribution in [0, 0.1) is 5.92 Å². The molecule has 8 heteroatoms. The Balaban J connectivity index is 2.26. The van der Waals surface area contributed by atoms with Crippen LogP contribution in [0.1, 0.15) is 44.7 Å². The topological polar surface area (TPSA) is 55.8 Å². The van der Waals surface area contributed by atoms with Crippen molar-refractivity contribution in [2.45, 2.75) is 51.4 Å². The van der Waals surface area contributed by atoms with Gasteiger partial charge in [-0.3, -0.25) is 9.69 Å². The smallest absolute Gasteiger partial charge is 0.416 e. The highest BCUT2D eigenvalue weighted by Crippen LogP contribution is 2.34. The second-order valence-corrected chi connectivity index (χ2v) is 8.13. The van der Waals surface area contributed by atoms with Crippen LogP contribution in [0.15, 0.2) is 43.5 Å². The van der Waals surface area contributed by atoms with Gasteiger partial charge in [-0.05, 0) is 56.9 Å². The number of hydrogen-bond donors (Lipinski definition) is 0. The van der Waals surface area contributed by atoms with E-state index < -0.39 is 41.4 Å². The molecule has 0 aromatic heterocycles. The summed E-state index contributed by atoms with van der Waals surface area (Å²) in [7, 11) is 0. The second-order valence-electron chi connectivity index (χ2n) is 8.13. The third-order valence-electron chi connectivity index (χ3n) is 4.61. The van der Waals surface area contributed by atoms with Crippen LogP contribution in [-0.4, -0.2) is 35.3 Å². The molecular weight excluding hydrogens is 399 g/mol. The van der Waals surface area contributed by atoms with Crippen molar-refractivity contribution in [1.82, 2.24) is 4.90 Å². The third-order valence-corrected chi connectivity index (χ3v) is 4.61. The Bertz CT molecular complexity index is 826. The van der Waals surface area contributed by atoms with E-state index in [1.165, 1.54) is 17.0 Å². The Kier molecular flexibility index (Phi) is 7.00. The molecule has 0 bridgehead atoms. The van der Waals surface area contributed by atoms with Crippen molar-refractivity contribution in [3.63, 3.8) is 0 Å². The summed E-state index contributed by atoms with van der Waals surface area (Å²) in [5.41, 5.74) is -0.938. The number of carbonyl (C=O) groups is 2. The fraction of sp³-hybridized carbons (Fsp3) is 0.455. The lowest BCUT2D eigenvalue weighted by molar-refractivity contribution is -0.166. The lowest BCUT2D eigenvalue weighted by Gasteiger charge is -2.40. The van der Waals surface area contributed by atoms with Crippen molar-refractivity contribution in [2.75, 3.05) is 6.73 Å². The van der Waals surface area contributed by atoms with Gasteiger partial charge in [0.1, 0.15) is 5.60 Å². The molecule has 0 spiro atoms. The van der Waals surface area contributed by atoms with Crippen LogP contribution in [0.3, 0.4) is 0 Å². The van der Waals surface area contributed by atoms with Crippen LogP contribution in [-0.2, 0) is 20.4 Å². The Labute approximate surface area is 174 Å². The largest absolute Gasteiger partial charge is 0.444 e. The maximum Gasteiger partial charge on any atom is 0.416 e. The van der Waals surface area contributed by atoms with Crippen molar-refractivity contribution >= 4 is 17.6 Å². The number of benzene rings is 1. The van der Waals surface area contributed by atoms with E-state index in [9.17, 15) is 22.8 Å². The first-order valence-electron chi connectivity index (χ1n) is 9.46. The van der Waals surface area contributed by atoms with Gasteiger partial charge in [-0.2, -0.15) is 13.2 Å². The van der Waals surface area contributed by atoms with Gasteiger partial charge in [-0.25, -0.2) is 4.79 Å². The monoisotopic (exact) mass is 425 g/mol. The fourth-order valence-electron chi connectivity index (χ4n) is 3.20. The van der Waals surface area contributed by atoms with Gasteiger partial charge in [0.25, 0.3) is 0 Å². The molecule has 1 aliphatic rings. The second kappa shape index (κ2) is 8.93. The van der Waals surface area contributed by atoms with E-state index in [2.05, 4.69) is 13.2 Å². The first kappa shape index (κ1) is 23.5. The SMILES string of the molecule is C=CCC1C(CC(=C)c2cccc(C(F)(F)F)c2)C(=O)OCN1C(=O)OC(C)(C)C. The lowest BCUT2D eigenvalue weighted by Crippen LogP contribution is -2.54. The molecule has 1 heterocycles. The number of ether oxygens (including phenoxy) is 2. The molecule has 0 aliphatic carbocycles. The molecule has 1 aliphatic heterocycles. The van der Waals surface area contributed by atoms with Crippen LogP contribution in [0.25, 0.3) is 5.57 Å². The number of alkyl halides is 3. The molecule has 2 unspecified atom stereocenters. The van der Waals surface area contributed by atoms with E-state index in [1.54, 1.807) is 26.8 Å². The number of nitrogens with zero attached hydrogens (tertiary/aromatic N) is 1. The summed E-state index contributed by atoms with van der Waals surface area (Å²) in [6, 6.07) is 4.14. The van der Waals surface area contributed by atoms with Gasteiger partial charge in [0.05, 0.1) is 17.5 Å². The van der Waals surface area contributed by atoms with E-state index in [0.29, 0.717) is 5.57 Å². The summed E-state index contributed by atoms with van der Waals surface area (Å²) < 4.78 is 49.6. The number of esters is 1. The molecule has 1 saturated heterocycles. The minimum atomic E-state index is -4.49. The van der Waals surface area contributed by atoms with Gasteiger partial charge in [0.15, 0.2) is 6.73 Å². The molecule has 2 atom stereocenters. The van der Waals surface area contributed by atoms with E-state index in [-0.39, 0.29) is 25.1 Å². The van der Waals surface area contributed by atoms with Gasteiger partial charge in [-0.1, -0.05) is 24.8 Å². The summed E-state index contributed by atoms with van der Waals surface area (Å²) in [4.78, 5) is 26.4. The number of carbonyl (C=O) groups excluding carboxylic acids is 2. The highest BCUT2D eigenvalue weighted by molar-refractivity contribution is 5.80. The molecule has 2 rings (SSSR count). The molecule has 1 aromatic carbocycles. The summed E-state index contributed by atoms with van der Waals surface area (Å²) >= 11 is 0. The standard InChI is InChI=1S/C22H26F3NO4/c1-6-8-18-17(19(27)29-13-26(18)20(28)30-21(3,4)5)11-14(2)15-9-7-10-16(12-15)22(23,24)25/h6-7,9-10,12,17-18H,1-2,8,11,13H2,3-5H3. The zero-order chi connectivity index (χ0) is 22.7. The maximum atomic E-state index is 13.0. The summed E-state index contributed by atoms with van der Waals surface area (Å²) in [6.45, 7) is 12.4. The summed E-state index contributed by atoms with van der Waals surface area (Å²) in [5, 5.41) is 0. The quantitative estimate of drug-likeness (QED) is 0.467. The van der Waals surface area contributed by atoms with Gasteiger partial charge in [0, 0.05) is 0 Å². The summed E-state index contributed by atoms with van der Waals surface area (Å²) in [6.07, 6.45) is -3.25. The molecule has 1 aromatic rings. The molecule has 0 N–H and O–H groups in total. The molecular formula is C22H26F3NO4. The highest BCUT2D eigenvalue weighted by atomic mass is 19.4. The number of amides is 1. The van der Waals surface area contributed by atoms with Crippen molar-refractivity contribution in [2.24, 2.45) is 5.92 Å². The number of cyclic esters (lactones) is 1. The highest BCUT2D eigenvalue weighted by Gasteiger charge is 2.42. The predicted molar refractivity (Wildman–Crippen MR) is 106 cm³/mol. The predicted octanol–water partition coefficient (Wildman–Crippen LogP) is 5.42. The minimum Gasteiger partial charge on any atom is -0.444 e. The number of rotatable bonds is 5. The Morgan fingerprint density at radius 3 is 2.57 bits per heavy atom. The number of halogens is 3. The number of hydrogen-bond acceptors (Lipinski definition) is 4. The van der Waals surface area contributed by atoms with Gasteiger partial charge in [-0.15, -0.1) is 6.58 Å². The van der Waals surface area contributed by atoms with Gasteiger partial charge >= 0.3 is 18.2 Å². The van der Waals surface area contributed by atoms with Crippen LogP contribution < -0.4 is 0 Å². The lowest BCUT2D eigenvalue weighted by atomic mass is 9.86. The molecule has 164 valence electrons. The molecule has 30 heavy (non-hydrogen) atoms. The first-order chi connectivity index (χ1) is 13.8. The van der Waals surface area contributed by atoms with Crippen LogP contribution in [0.5, 0.6) is 0 Å². The molecule has 1 fully saturated rings. The van der Waals surface area contributed by atoms with Crippen LogP contribution in [0.2, 0.25) is 0 Å². The van der Waals surface area contributed by atoms with Gasteiger partial charge < -0.3 is 9.47 Å². The van der Waals surface area contributed by atoms with E-state index in [4.69, 9.17) is 9.47 Å². The summed E-state index contributed by atoms with van der Waals surface area (Å²) in [5.74, 6) is -1.36. The van der Waals surface area contributed by atoms with E-state index in [0.717, 1.165) is 12.1 Å². The van der Waals surface area contributed by atoms with Crippen molar-refractivity contribution in [1.29, 1.82) is 0 Å². The third kappa shape index (κ3) is 5.87. The average Bonchev–Trinajstić information content (AvgIpc) is 2.62. The maximum absolute atomic E-state index is 13.0. The molecule has 5 nitrogen and oxygen atoms in total. The van der Waals surface area contributed by atoms with Crippen molar-refractivity contribution in [3.8, 4) is 0 Å². The van der Waals surface area contributed by atoms with Crippen LogP contribution >= 0.6 is 0 Å². The molecule has 0 saturated carbocycles. The first-order valence-corrected chi connectivity index (χ1v) is 9.46. The van der Waals surface area contributed by atoms with Gasteiger partial charge in [0.2, 0.25) is 0 Å². The Morgan fingerprint density at radius 1 is 1.33 bits per heavy atom.